The van der Waals surface area contributed by atoms with Gasteiger partial charge in [-0.2, -0.15) is 0 Å². The molecule has 5 aromatic rings. The van der Waals surface area contributed by atoms with Crippen LogP contribution >= 0.6 is 0 Å². The van der Waals surface area contributed by atoms with Crippen molar-refractivity contribution in [2.24, 2.45) is 0 Å². The number of aliphatic carboxylic acids is 1. The molecule has 1 atom stereocenters. The Morgan fingerprint density at radius 1 is 0.921 bits per heavy atom. The number of nitrogens with zero attached hydrogens (tertiary/aromatic N) is 2. The van der Waals surface area contributed by atoms with Crippen molar-refractivity contribution < 1.29 is 23.8 Å². The van der Waals surface area contributed by atoms with Gasteiger partial charge >= 0.3 is 5.97 Å². The minimum Gasteiger partial charge on any atom is -0.493 e. The van der Waals surface area contributed by atoms with Crippen LogP contribution in [0.3, 0.4) is 0 Å². The monoisotopic (exact) mass is 506 g/mol. The van der Waals surface area contributed by atoms with E-state index in [-0.39, 0.29) is 5.78 Å². The topological polar surface area (TPSA) is 94.6 Å². The molecule has 0 aliphatic rings. The summed E-state index contributed by atoms with van der Waals surface area (Å²) < 4.78 is 13.2. The van der Waals surface area contributed by atoms with Gasteiger partial charge in [0.25, 0.3) is 0 Å². The molecule has 0 bridgehead atoms. The molecule has 7 nitrogen and oxygen atoms in total. The Labute approximate surface area is 220 Å². The molecule has 5 rings (SSSR count). The third-order valence-corrected chi connectivity index (χ3v) is 6.28. The normalized spacial score (nSPS) is 11.7. The Morgan fingerprint density at radius 2 is 1.61 bits per heavy atom. The van der Waals surface area contributed by atoms with Gasteiger partial charge in [0.1, 0.15) is 11.5 Å². The van der Waals surface area contributed by atoms with Gasteiger partial charge in [-0.1, -0.05) is 60.7 Å². The quantitative estimate of drug-likeness (QED) is 0.234. The van der Waals surface area contributed by atoms with E-state index in [1.165, 1.54) is 4.57 Å². The molecule has 0 saturated heterocycles. The molecule has 7 heteroatoms. The highest BCUT2D eigenvalue weighted by Crippen LogP contribution is 2.26. The Hall–Kier alpha value is -4.91. The summed E-state index contributed by atoms with van der Waals surface area (Å²) in [5, 5.41) is 10.0. The number of hydrogen-bond donors (Lipinski definition) is 1. The number of ketones is 1. The van der Waals surface area contributed by atoms with Crippen molar-refractivity contribution in [3.05, 3.63) is 132 Å². The van der Waals surface area contributed by atoms with E-state index in [0.29, 0.717) is 41.5 Å². The largest absolute Gasteiger partial charge is 0.493 e. The van der Waals surface area contributed by atoms with Crippen LogP contribution in [0.25, 0.3) is 11.5 Å². The fraction of sp³-hybridized carbons (Fsp3) is 0.129. The van der Waals surface area contributed by atoms with Crippen molar-refractivity contribution in [1.82, 2.24) is 9.55 Å². The van der Waals surface area contributed by atoms with Crippen LogP contribution in [0.2, 0.25) is 0 Å². The number of carboxylic acids is 1. The average Bonchev–Trinajstić information content (AvgIpc) is 3.57. The van der Waals surface area contributed by atoms with Crippen LogP contribution in [-0.2, 0) is 11.2 Å². The first kappa shape index (κ1) is 24.8. The van der Waals surface area contributed by atoms with Gasteiger partial charge in [0.15, 0.2) is 6.04 Å². The van der Waals surface area contributed by atoms with E-state index in [0.717, 1.165) is 17.0 Å². The van der Waals surface area contributed by atoms with Gasteiger partial charge in [-0.3, -0.25) is 4.79 Å². The van der Waals surface area contributed by atoms with Gasteiger partial charge in [-0.25, -0.2) is 9.78 Å². The zero-order chi connectivity index (χ0) is 26.5. The first-order valence-electron chi connectivity index (χ1n) is 12.2. The van der Waals surface area contributed by atoms with Crippen molar-refractivity contribution in [3.63, 3.8) is 0 Å². The molecule has 0 amide bonds. The number of benzene rings is 3. The van der Waals surface area contributed by atoms with Crippen LogP contribution in [0.1, 0.15) is 39.1 Å². The van der Waals surface area contributed by atoms with E-state index in [9.17, 15) is 14.7 Å². The Morgan fingerprint density at radius 3 is 2.29 bits per heavy atom. The highest BCUT2D eigenvalue weighted by atomic mass is 16.5. The standard InChI is InChI=1S/C31H26N2O5/c1-21-26(32-30(38-21)24-11-6-3-7-12-24)18-20-37-25-16-14-22(15-17-25)28(31(35)36)33-19-8-13-27(33)29(34)23-9-4-2-5-10-23/h2-17,19,28H,18,20H2,1H3,(H,35,36)/t28-/m0/s1. The van der Waals surface area contributed by atoms with Gasteiger partial charge in [0, 0.05) is 23.7 Å². The van der Waals surface area contributed by atoms with E-state index >= 15 is 0 Å². The van der Waals surface area contributed by atoms with Crippen molar-refractivity contribution in [2.75, 3.05) is 6.61 Å². The molecule has 1 N–H and O–H groups in total. The molecule has 0 spiro atoms. The smallest absolute Gasteiger partial charge is 0.331 e. The van der Waals surface area contributed by atoms with Crippen LogP contribution in [0.5, 0.6) is 5.75 Å². The molecule has 0 aliphatic heterocycles. The predicted molar refractivity (Wildman–Crippen MR) is 142 cm³/mol. The number of carbonyl (C=O) groups is 2. The summed E-state index contributed by atoms with van der Waals surface area (Å²) in [5.74, 6) is 0.639. The number of hydrogen-bond acceptors (Lipinski definition) is 5. The Bertz CT molecular complexity index is 1540. The summed E-state index contributed by atoms with van der Waals surface area (Å²) >= 11 is 0. The van der Waals surface area contributed by atoms with Crippen LogP contribution < -0.4 is 4.74 Å². The Kier molecular flexibility index (Phi) is 7.17. The van der Waals surface area contributed by atoms with Gasteiger partial charge in [0.2, 0.25) is 11.7 Å². The van der Waals surface area contributed by atoms with Crippen molar-refractivity contribution in [3.8, 4) is 17.2 Å². The van der Waals surface area contributed by atoms with E-state index < -0.39 is 12.0 Å². The maximum atomic E-state index is 13.0. The highest BCUT2D eigenvalue weighted by Gasteiger charge is 2.26. The number of aryl methyl sites for hydroxylation is 1. The first-order chi connectivity index (χ1) is 18.5. The molecule has 2 heterocycles. The number of ether oxygens (including phenoxy) is 1. The van der Waals surface area contributed by atoms with Gasteiger partial charge < -0.3 is 18.8 Å². The molecule has 0 aliphatic carbocycles. The van der Waals surface area contributed by atoms with E-state index in [4.69, 9.17) is 9.15 Å². The van der Waals surface area contributed by atoms with Gasteiger partial charge in [0.05, 0.1) is 18.0 Å². The summed E-state index contributed by atoms with van der Waals surface area (Å²) in [6.45, 7) is 2.27. The number of carboxylic acid groups (broad SMARTS) is 1. The fourth-order valence-corrected chi connectivity index (χ4v) is 4.35. The molecule has 0 radical (unpaired) electrons. The second kappa shape index (κ2) is 11.0. The molecule has 2 aromatic heterocycles. The number of oxazole rings is 1. The second-order valence-corrected chi connectivity index (χ2v) is 8.79. The van der Waals surface area contributed by atoms with Crippen molar-refractivity contribution in [1.29, 1.82) is 0 Å². The second-order valence-electron chi connectivity index (χ2n) is 8.79. The lowest BCUT2D eigenvalue weighted by atomic mass is 10.0. The van der Waals surface area contributed by atoms with Crippen molar-refractivity contribution >= 4 is 11.8 Å². The van der Waals surface area contributed by atoms with E-state index in [1.54, 1.807) is 66.9 Å². The third kappa shape index (κ3) is 5.27. The maximum Gasteiger partial charge on any atom is 0.331 e. The van der Waals surface area contributed by atoms with Crippen molar-refractivity contribution in [2.45, 2.75) is 19.4 Å². The SMILES string of the molecule is Cc1oc(-c2ccccc2)nc1CCOc1ccc([C@@H](C(=O)O)n2cccc2C(=O)c2ccccc2)cc1. The first-order valence-corrected chi connectivity index (χ1v) is 12.2. The third-order valence-electron chi connectivity index (χ3n) is 6.28. The van der Waals surface area contributed by atoms with Crippen LogP contribution in [-0.4, -0.2) is 33.0 Å². The summed E-state index contributed by atoms with van der Waals surface area (Å²) in [5.41, 5.74) is 3.08. The van der Waals surface area contributed by atoms with Gasteiger partial charge in [-0.05, 0) is 48.9 Å². The molecule has 0 saturated carbocycles. The molecule has 38 heavy (non-hydrogen) atoms. The zero-order valence-electron chi connectivity index (χ0n) is 20.8. The zero-order valence-corrected chi connectivity index (χ0v) is 20.8. The maximum absolute atomic E-state index is 13.0. The number of aromatic nitrogens is 2. The predicted octanol–water partition coefficient (Wildman–Crippen LogP) is 5.98. The van der Waals surface area contributed by atoms with Crippen LogP contribution in [0.15, 0.2) is 108 Å². The van der Waals surface area contributed by atoms with Gasteiger partial charge in [-0.15, -0.1) is 0 Å². The lowest BCUT2D eigenvalue weighted by Gasteiger charge is -2.18. The van der Waals surface area contributed by atoms with E-state index in [1.807, 2.05) is 43.3 Å². The molecule has 190 valence electrons. The number of carbonyl (C=O) groups excluding carboxylic acids is 1. The minimum absolute atomic E-state index is 0.236. The summed E-state index contributed by atoms with van der Waals surface area (Å²) in [7, 11) is 0. The molecule has 0 fully saturated rings. The molecular weight excluding hydrogens is 480 g/mol. The summed E-state index contributed by atoms with van der Waals surface area (Å²) in [6.07, 6.45) is 2.18. The lowest BCUT2D eigenvalue weighted by molar-refractivity contribution is -0.139. The van der Waals surface area contributed by atoms with E-state index in [2.05, 4.69) is 4.98 Å². The molecular formula is C31H26N2O5. The van der Waals surface area contributed by atoms with Crippen LogP contribution in [0.4, 0.5) is 0 Å². The highest BCUT2D eigenvalue weighted by molar-refractivity contribution is 6.08. The molecule has 0 unspecified atom stereocenters. The Balaban J connectivity index is 1.27. The van der Waals surface area contributed by atoms with Crippen LogP contribution in [0, 0.1) is 6.92 Å². The fourth-order valence-electron chi connectivity index (χ4n) is 4.35. The lowest BCUT2D eigenvalue weighted by Crippen LogP contribution is -2.23. The summed E-state index contributed by atoms with van der Waals surface area (Å²) in [6, 6.07) is 27.7. The average molecular weight is 507 g/mol. The minimum atomic E-state index is -1.06. The number of rotatable bonds is 10. The molecule has 3 aromatic carbocycles. The summed E-state index contributed by atoms with van der Waals surface area (Å²) in [4.78, 5) is 29.9.